The molecule has 0 radical (unpaired) electrons. The lowest BCUT2D eigenvalue weighted by molar-refractivity contribution is 0.412. The van der Waals surface area contributed by atoms with Crippen molar-refractivity contribution in [2.24, 2.45) is 0 Å². The molecule has 3 nitrogen and oxygen atoms in total. The summed E-state index contributed by atoms with van der Waals surface area (Å²) in [5, 5.41) is 8.81. The Kier molecular flexibility index (Phi) is 3.98. The van der Waals surface area contributed by atoms with Crippen molar-refractivity contribution in [1.29, 1.82) is 5.26 Å². The lowest BCUT2D eigenvalue weighted by atomic mass is 10.2. The van der Waals surface area contributed by atoms with E-state index in [2.05, 4.69) is 22.0 Å². The second-order valence-electron chi connectivity index (χ2n) is 3.23. The van der Waals surface area contributed by atoms with Crippen LogP contribution in [0.4, 0.5) is 5.69 Å². The second kappa shape index (κ2) is 5.04. The van der Waals surface area contributed by atoms with Crippen molar-refractivity contribution >= 4 is 21.6 Å². The summed E-state index contributed by atoms with van der Waals surface area (Å²) >= 11 is 3.41. The van der Waals surface area contributed by atoms with Gasteiger partial charge < -0.3 is 9.64 Å². The molecule has 0 aliphatic rings. The van der Waals surface area contributed by atoms with E-state index in [0.29, 0.717) is 0 Å². The number of halogens is 1. The lowest BCUT2D eigenvalue weighted by Gasteiger charge is -2.22. The van der Waals surface area contributed by atoms with E-state index < -0.39 is 0 Å². The minimum absolute atomic E-state index is 0.148. The van der Waals surface area contributed by atoms with Crippen molar-refractivity contribution in [3.05, 3.63) is 22.7 Å². The fourth-order valence-electron chi connectivity index (χ4n) is 1.18. The largest absolute Gasteiger partial charge is 0.496 e. The van der Waals surface area contributed by atoms with Crippen LogP contribution < -0.4 is 9.64 Å². The second-order valence-corrected chi connectivity index (χ2v) is 4.09. The summed E-state index contributed by atoms with van der Waals surface area (Å²) in [5.74, 6) is 0.789. The number of nitriles is 1. The Labute approximate surface area is 98.4 Å². The van der Waals surface area contributed by atoms with E-state index >= 15 is 0 Å². The number of nitrogens with zero attached hydrogens (tertiary/aromatic N) is 2. The first-order valence-corrected chi connectivity index (χ1v) is 5.35. The third-order valence-electron chi connectivity index (χ3n) is 2.31. The van der Waals surface area contributed by atoms with E-state index in [9.17, 15) is 0 Å². The maximum Gasteiger partial charge on any atom is 0.133 e. The molecule has 0 saturated carbocycles. The van der Waals surface area contributed by atoms with Crippen LogP contribution in [0.1, 0.15) is 6.92 Å². The van der Waals surface area contributed by atoms with Gasteiger partial charge in [-0.3, -0.25) is 0 Å². The van der Waals surface area contributed by atoms with Gasteiger partial charge in [0.1, 0.15) is 11.8 Å². The Hall–Kier alpha value is -1.21. The molecule has 1 unspecified atom stereocenters. The Morgan fingerprint density at radius 3 is 2.67 bits per heavy atom. The van der Waals surface area contributed by atoms with Gasteiger partial charge in [0.25, 0.3) is 0 Å². The van der Waals surface area contributed by atoms with E-state index in [0.717, 1.165) is 15.9 Å². The molecule has 0 bridgehead atoms. The number of benzene rings is 1. The summed E-state index contributed by atoms with van der Waals surface area (Å²) in [5.41, 5.74) is 0.983. The predicted molar refractivity (Wildman–Crippen MR) is 64.2 cm³/mol. The molecule has 0 aliphatic heterocycles. The molecule has 0 saturated heterocycles. The van der Waals surface area contributed by atoms with Crippen molar-refractivity contribution < 1.29 is 4.74 Å². The van der Waals surface area contributed by atoms with E-state index in [1.165, 1.54) is 0 Å². The van der Waals surface area contributed by atoms with Gasteiger partial charge in [0, 0.05) is 12.7 Å². The molecule has 0 N–H and O–H groups in total. The lowest BCUT2D eigenvalue weighted by Crippen LogP contribution is -2.26. The number of hydrogen-bond acceptors (Lipinski definition) is 3. The summed E-state index contributed by atoms with van der Waals surface area (Å²) in [7, 11) is 3.52. The van der Waals surface area contributed by atoms with Gasteiger partial charge in [-0.1, -0.05) is 0 Å². The van der Waals surface area contributed by atoms with Gasteiger partial charge >= 0.3 is 0 Å². The van der Waals surface area contributed by atoms with E-state index in [1.807, 2.05) is 37.1 Å². The number of anilines is 1. The van der Waals surface area contributed by atoms with Crippen molar-refractivity contribution in [3.8, 4) is 11.8 Å². The summed E-state index contributed by atoms with van der Waals surface area (Å²) in [6, 6.07) is 7.78. The van der Waals surface area contributed by atoms with E-state index in [4.69, 9.17) is 10.00 Å². The van der Waals surface area contributed by atoms with E-state index in [1.54, 1.807) is 7.11 Å². The van der Waals surface area contributed by atoms with Crippen LogP contribution in [0.5, 0.6) is 5.75 Å². The van der Waals surface area contributed by atoms with Crippen LogP contribution >= 0.6 is 15.9 Å². The summed E-state index contributed by atoms with van der Waals surface area (Å²) < 4.78 is 6.02. The Balaban J connectivity index is 2.98. The van der Waals surface area contributed by atoms with Gasteiger partial charge in [0.2, 0.25) is 0 Å². The maximum atomic E-state index is 8.81. The third-order valence-corrected chi connectivity index (χ3v) is 2.93. The van der Waals surface area contributed by atoms with Crippen molar-refractivity contribution in [3.63, 3.8) is 0 Å². The normalized spacial score (nSPS) is 11.7. The standard InChI is InChI=1S/C11H13BrN2O/c1-8(7-13)14(2)9-4-5-11(15-3)10(12)6-9/h4-6,8H,1-3H3. The molecule has 0 heterocycles. The molecule has 15 heavy (non-hydrogen) atoms. The fourth-order valence-corrected chi connectivity index (χ4v) is 1.71. The quantitative estimate of drug-likeness (QED) is 0.846. The van der Waals surface area contributed by atoms with Crippen molar-refractivity contribution in [2.75, 3.05) is 19.1 Å². The zero-order valence-corrected chi connectivity index (χ0v) is 10.6. The minimum atomic E-state index is -0.148. The van der Waals surface area contributed by atoms with Crippen LogP contribution in [0.25, 0.3) is 0 Å². The molecule has 1 aromatic carbocycles. The zero-order valence-electron chi connectivity index (χ0n) is 8.99. The van der Waals surface area contributed by atoms with Crippen LogP contribution in [0, 0.1) is 11.3 Å². The zero-order chi connectivity index (χ0) is 11.4. The highest BCUT2D eigenvalue weighted by Gasteiger charge is 2.10. The predicted octanol–water partition coefficient (Wildman–Crippen LogP) is 2.81. The fraction of sp³-hybridized carbons (Fsp3) is 0.364. The Bertz CT molecular complexity index is 387. The summed E-state index contributed by atoms with van der Waals surface area (Å²) in [4.78, 5) is 1.91. The Morgan fingerprint density at radius 1 is 1.53 bits per heavy atom. The van der Waals surface area contributed by atoms with Gasteiger partial charge in [0.05, 0.1) is 17.7 Å². The molecule has 1 rings (SSSR count). The first-order chi connectivity index (χ1) is 7.10. The molecule has 0 fully saturated rings. The Morgan fingerprint density at radius 2 is 2.20 bits per heavy atom. The molecule has 80 valence electrons. The summed E-state index contributed by atoms with van der Waals surface area (Å²) in [6.07, 6.45) is 0. The highest BCUT2D eigenvalue weighted by molar-refractivity contribution is 9.10. The van der Waals surface area contributed by atoms with Crippen LogP contribution in [-0.4, -0.2) is 20.2 Å². The number of ether oxygens (including phenoxy) is 1. The molecule has 0 amide bonds. The molecule has 1 aromatic rings. The summed E-state index contributed by atoms with van der Waals surface area (Å²) in [6.45, 7) is 1.86. The average Bonchev–Trinajstić information content (AvgIpc) is 2.26. The van der Waals surface area contributed by atoms with Crippen LogP contribution in [0.3, 0.4) is 0 Å². The topological polar surface area (TPSA) is 36.3 Å². The number of methoxy groups -OCH3 is 1. The van der Waals surface area contributed by atoms with Gasteiger partial charge in [0.15, 0.2) is 0 Å². The SMILES string of the molecule is COc1ccc(N(C)C(C)C#N)cc1Br. The monoisotopic (exact) mass is 268 g/mol. The van der Waals surface area contributed by atoms with Gasteiger partial charge in [-0.15, -0.1) is 0 Å². The van der Waals surface area contributed by atoms with Crippen LogP contribution in [-0.2, 0) is 0 Å². The number of rotatable bonds is 3. The molecular formula is C11H13BrN2O. The van der Waals surface area contributed by atoms with Crippen LogP contribution in [0.15, 0.2) is 22.7 Å². The average molecular weight is 269 g/mol. The molecule has 0 spiro atoms. The molecule has 0 aromatic heterocycles. The maximum absolute atomic E-state index is 8.81. The van der Waals surface area contributed by atoms with Gasteiger partial charge in [-0.25, -0.2) is 0 Å². The first-order valence-electron chi connectivity index (χ1n) is 4.56. The highest BCUT2D eigenvalue weighted by atomic mass is 79.9. The van der Waals surface area contributed by atoms with Crippen molar-refractivity contribution in [2.45, 2.75) is 13.0 Å². The first kappa shape index (κ1) is 11.9. The molecule has 4 heteroatoms. The highest BCUT2D eigenvalue weighted by Crippen LogP contribution is 2.29. The van der Waals surface area contributed by atoms with Gasteiger partial charge in [-0.2, -0.15) is 5.26 Å². The third kappa shape index (κ3) is 2.63. The molecule has 0 aliphatic carbocycles. The van der Waals surface area contributed by atoms with Crippen LogP contribution in [0.2, 0.25) is 0 Å². The minimum Gasteiger partial charge on any atom is -0.496 e. The number of hydrogen-bond donors (Lipinski definition) is 0. The van der Waals surface area contributed by atoms with Crippen molar-refractivity contribution in [1.82, 2.24) is 0 Å². The molecular weight excluding hydrogens is 256 g/mol. The van der Waals surface area contributed by atoms with E-state index in [-0.39, 0.29) is 6.04 Å². The molecule has 1 atom stereocenters. The smallest absolute Gasteiger partial charge is 0.133 e. The van der Waals surface area contributed by atoms with Gasteiger partial charge in [-0.05, 0) is 41.1 Å².